The van der Waals surface area contributed by atoms with Crippen molar-refractivity contribution in [3.05, 3.63) is 0 Å². The third kappa shape index (κ3) is 8.69. The zero-order valence-corrected chi connectivity index (χ0v) is 11.4. The molecule has 2 amide bonds. The molecule has 0 fully saturated rings. The number of nitriles is 1. The molecule has 0 bridgehead atoms. The lowest BCUT2D eigenvalue weighted by Crippen LogP contribution is -2.49. The predicted molar refractivity (Wildman–Crippen MR) is 64.3 cm³/mol. The average Bonchev–Trinajstić information content (AvgIpc) is 2.35. The van der Waals surface area contributed by atoms with Gasteiger partial charge in [0.05, 0.1) is 19.1 Å². The Morgan fingerprint density at radius 1 is 1.29 bits per heavy atom. The molecule has 0 aromatic heterocycles. The van der Waals surface area contributed by atoms with Gasteiger partial charge in [-0.1, -0.05) is 0 Å². The highest BCUT2D eigenvalue weighted by atomic mass is 19.4. The highest BCUT2D eigenvalue weighted by Crippen LogP contribution is 2.17. The smallest absolute Gasteiger partial charge is 0.406 e. The number of carbonyl (C=O) groups excluding carboxylic acids is 1. The summed E-state index contributed by atoms with van der Waals surface area (Å²) in [5.74, 6) is -1.56. The molecule has 0 unspecified atom stereocenters. The maximum absolute atomic E-state index is 12.4. The van der Waals surface area contributed by atoms with Crippen LogP contribution < -0.4 is 0 Å². The molecule has 0 aliphatic carbocycles. The Morgan fingerprint density at radius 3 is 2.33 bits per heavy atom. The summed E-state index contributed by atoms with van der Waals surface area (Å²) in [6.45, 7) is -2.83. The number of halogens is 3. The first-order chi connectivity index (χ1) is 9.71. The fourth-order valence-corrected chi connectivity index (χ4v) is 1.46. The van der Waals surface area contributed by atoms with Gasteiger partial charge < -0.3 is 19.6 Å². The van der Waals surface area contributed by atoms with E-state index in [1.54, 1.807) is 6.07 Å². The van der Waals surface area contributed by atoms with Crippen molar-refractivity contribution in [3.8, 4) is 6.07 Å². The van der Waals surface area contributed by atoms with E-state index in [0.717, 1.165) is 4.90 Å². The van der Waals surface area contributed by atoms with Gasteiger partial charge >= 0.3 is 18.2 Å². The van der Waals surface area contributed by atoms with Crippen molar-refractivity contribution in [1.82, 2.24) is 9.80 Å². The number of urea groups is 1. The molecule has 0 aliphatic heterocycles. The summed E-state index contributed by atoms with van der Waals surface area (Å²) in [7, 11) is 1.34. The standard InChI is InChI=1S/C11H16F3N3O4/c1-21-6-5-16(4-2-3-15)10(20)17(7-9(18)19)8-11(12,13)14/h2,4-8H2,1H3,(H,18,19). The minimum atomic E-state index is -4.72. The van der Waals surface area contributed by atoms with Crippen LogP contribution in [0.3, 0.4) is 0 Å². The summed E-state index contributed by atoms with van der Waals surface area (Å²) in [6, 6.07) is 0.670. The second-order valence-corrected chi connectivity index (χ2v) is 4.04. The predicted octanol–water partition coefficient (Wildman–Crippen LogP) is 0.917. The lowest BCUT2D eigenvalue weighted by molar-refractivity contribution is -0.149. The van der Waals surface area contributed by atoms with Crippen molar-refractivity contribution in [2.24, 2.45) is 0 Å². The Morgan fingerprint density at radius 2 is 1.90 bits per heavy atom. The molecular formula is C11H16F3N3O4. The molecule has 0 saturated carbocycles. The number of amides is 2. The van der Waals surface area contributed by atoms with Crippen molar-refractivity contribution in [2.45, 2.75) is 12.6 Å². The van der Waals surface area contributed by atoms with Crippen molar-refractivity contribution in [2.75, 3.05) is 39.9 Å². The summed E-state index contributed by atoms with van der Waals surface area (Å²) in [5.41, 5.74) is 0. The number of carboxylic acid groups (broad SMARTS) is 1. The second kappa shape index (κ2) is 9.02. The number of nitrogens with zero attached hydrogens (tertiary/aromatic N) is 3. The Hall–Kier alpha value is -2.02. The third-order valence-corrected chi connectivity index (χ3v) is 2.30. The van der Waals surface area contributed by atoms with Crippen LogP contribution in [-0.4, -0.2) is 73.0 Å². The number of rotatable bonds is 8. The minimum Gasteiger partial charge on any atom is -0.480 e. The molecule has 0 spiro atoms. The minimum absolute atomic E-state index is 0.0367. The highest BCUT2D eigenvalue weighted by molar-refractivity contribution is 5.80. The summed E-state index contributed by atoms with van der Waals surface area (Å²) in [6.07, 6.45) is -4.80. The molecule has 120 valence electrons. The zero-order chi connectivity index (χ0) is 16.5. The average molecular weight is 311 g/mol. The van der Waals surface area contributed by atoms with Gasteiger partial charge in [-0.2, -0.15) is 18.4 Å². The SMILES string of the molecule is COCCN(CCC#N)C(=O)N(CC(=O)O)CC(F)(F)F. The lowest BCUT2D eigenvalue weighted by Gasteiger charge is -2.29. The van der Waals surface area contributed by atoms with Crippen LogP contribution in [0.5, 0.6) is 0 Å². The van der Waals surface area contributed by atoms with E-state index in [0.29, 0.717) is 0 Å². The van der Waals surface area contributed by atoms with Crippen LogP contribution >= 0.6 is 0 Å². The molecule has 0 aromatic carbocycles. The Balaban J connectivity index is 4.98. The maximum Gasteiger partial charge on any atom is 0.406 e. The number of ether oxygens (including phenoxy) is 1. The first kappa shape index (κ1) is 19.0. The fraction of sp³-hybridized carbons (Fsp3) is 0.727. The van der Waals surface area contributed by atoms with Crippen molar-refractivity contribution >= 4 is 12.0 Å². The molecule has 0 saturated heterocycles. The molecule has 0 aromatic rings. The largest absolute Gasteiger partial charge is 0.480 e. The molecule has 1 N–H and O–H groups in total. The molecule has 10 heteroatoms. The molecule has 7 nitrogen and oxygen atoms in total. The summed E-state index contributed by atoms with van der Waals surface area (Å²) in [4.78, 5) is 23.7. The number of hydrogen-bond acceptors (Lipinski definition) is 4. The van der Waals surface area contributed by atoms with Gasteiger partial charge in [0.25, 0.3) is 0 Å². The van der Waals surface area contributed by atoms with E-state index in [9.17, 15) is 22.8 Å². The van der Waals surface area contributed by atoms with Crippen LogP contribution in [0, 0.1) is 11.3 Å². The second-order valence-electron chi connectivity index (χ2n) is 4.04. The first-order valence-corrected chi connectivity index (χ1v) is 5.89. The van der Waals surface area contributed by atoms with Gasteiger partial charge in [0, 0.05) is 20.2 Å². The normalized spacial score (nSPS) is 10.8. The van der Waals surface area contributed by atoms with Gasteiger partial charge in [0.2, 0.25) is 0 Å². The molecule has 0 atom stereocenters. The molecule has 0 radical (unpaired) electrons. The van der Waals surface area contributed by atoms with Crippen LogP contribution in [0.4, 0.5) is 18.0 Å². The Labute approximate surface area is 119 Å². The summed E-state index contributed by atoms with van der Waals surface area (Å²) in [5, 5.41) is 17.1. The molecule has 0 aliphatic rings. The van der Waals surface area contributed by atoms with Crippen molar-refractivity contribution < 1.29 is 32.6 Å². The maximum atomic E-state index is 12.4. The molecule has 21 heavy (non-hydrogen) atoms. The van der Waals surface area contributed by atoms with Gasteiger partial charge in [0.1, 0.15) is 13.1 Å². The Kier molecular flexibility index (Phi) is 8.15. The van der Waals surface area contributed by atoms with Crippen LogP contribution in [0.25, 0.3) is 0 Å². The highest BCUT2D eigenvalue weighted by Gasteiger charge is 2.35. The fourth-order valence-electron chi connectivity index (χ4n) is 1.46. The van der Waals surface area contributed by atoms with Gasteiger partial charge in [-0.15, -0.1) is 0 Å². The third-order valence-electron chi connectivity index (χ3n) is 2.30. The monoisotopic (exact) mass is 311 g/mol. The number of alkyl halides is 3. The molecule has 0 heterocycles. The van der Waals surface area contributed by atoms with E-state index in [-0.39, 0.29) is 31.0 Å². The van der Waals surface area contributed by atoms with Gasteiger partial charge in [-0.25, -0.2) is 4.79 Å². The number of carboxylic acids is 1. The topological polar surface area (TPSA) is 93.9 Å². The van der Waals surface area contributed by atoms with Crippen LogP contribution in [0.2, 0.25) is 0 Å². The quantitative estimate of drug-likeness (QED) is 0.719. The number of aliphatic carboxylic acids is 1. The molecule has 0 rings (SSSR count). The van der Waals surface area contributed by atoms with Gasteiger partial charge in [0.15, 0.2) is 0 Å². The van der Waals surface area contributed by atoms with Gasteiger partial charge in [-0.3, -0.25) is 4.79 Å². The molecular weight excluding hydrogens is 295 g/mol. The van der Waals surface area contributed by atoms with Gasteiger partial charge in [-0.05, 0) is 0 Å². The van der Waals surface area contributed by atoms with E-state index in [1.165, 1.54) is 7.11 Å². The number of hydrogen-bond donors (Lipinski definition) is 1. The van der Waals surface area contributed by atoms with E-state index in [4.69, 9.17) is 15.1 Å². The van der Waals surface area contributed by atoms with Crippen LogP contribution in [0.15, 0.2) is 0 Å². The van der Waals surface area contributed by atoms with E-state index in [1.807, 2.05) is 0 Å². The summed E-state index contributed by atoms with van der Waals surface area (Å²) >= 11 is 0. The van der Waals surface area contributed by atoms with Crippen molar-refractivity contribution in [1.29, 1.82) is 5.26 Å². The van der Waals surface area contributed by atoms with E-state index < -0.39 is 31.3 Å². The number of carbonyl (C=O) groups is 2. The Bertz CT molecular complexity index is 395. The number of methoxy groups -OCH3 is 1. The zero-order valence-electron chi connectivity index (χ0n) is 11.4. The summed E-state index contributed by atoms with van der Waals surface area (Å²) < 4.78 is 41.9. The van der Waals surface area contributed by atoms with Crippen LogP contribution in [0.1, 0.15) is 6.42 Å². The lowest BCUT2D eigenvalue weighted by atomic mass is 10.4. The van der Waals surface area contributed by atoms with E-state index in [2.05, 4.69) is 0 Å². The van der Waals surface area contributed by atoms with E-state index >= 15 is 0 Å². The van der Waals surface area contributed by atoms with Crippen LogP contribution in [-0.2, 0) is 9.53 Å². The van der Waals surface area contributed by atoms with Crippen molar-refractivity contribution in [3.63, 3.8) is 0 Å². The first-order valence-electron chi connectivity index (χ1n) is 5.89.